The third kappa shape index (κ3) is 3.17. The zero-order valence-corrected chi connectivity index (χ0v) is 8.60. The van der Waals surface area contributed by atoms with Crippen LogP contribution in [0, 0.1) is 11.8 Å². The molecule has 0 aliphatic heterocycles. The highest BCUT2D eigenvalue weighted by Crippen LogP contribution is 2.02. The van der Waals surface area contributed by atoms with E-state index in [4.69, 9.17) is 23.7 Å². The van der Waals surface area contributed by atoms with Crippen LogP contribution in [0.3, 0.4) is 0 Å². The first-order chi connectivity index (χ1) is 6.74. The Labute approximate surface area is 89.3 Å². The van der Waals surface area contributed by atoms with E-state index in [9.17, 15) is 0 Å². The van der Waals surface area contributed by atoms with Crippen LogP contribution in [0.5, 0.6) is 0 Å². The van der Waals surface area contributed by atoms with Gasteiger partial charge in [-0.1, -0.05) is 36.2 Å². The minimum absolute atomic E-state index is 0.409. The van der Waals surface area contributed by atoms with E-state index in [1.54, 1.807) is 0 Å². The summed E-state index contributed by atoms with van der Waals surface area (Å²) < 4.78 is 0. The fourth-order valence-corrected chi connectivity index (χ4v) is 1.09. The number of rotatable bonds is 2. The summed E-state index contributed by atoms with van der Waals surface area (Å²) >= 11 is 4.84. The van der Waals surface area contributed by atoms with Crippen molar-refractivity contribution in [3.05, 3.63) is 35.4 Å². The molecule has 0 atom stereocenters. The van der Waals surface area contributed by atoms with Crippen molar-refractivity contribution in [3.63, 3.8) is 0 Å². The number of benzene rings is 1. The van der Waals surface area contributed by atoms with Gasteiger partial charge in [-0.05, 0) is 12.1 Å². The number of nitrogens with two attached hydrogens (primary N) is 2. The zero-order valence-electron chi connectivity index (χ0n) is 7.79. The highest BCUT2D eigenvalue weighted by atomic mass is 32.1. The average molecular weight is 204 g/mol. The Morgan fingerprint density at radius 1 is 1.29 bits per heavy atom. The van der Waals surface area contributed by atoms with Crippen LogP contribution in [0.1, 0.15) is 17.5 Å². The third-order valence-corrected chi connectivity index (χ3v) is 1.91. The molecule has 72 valence electrons. The summed E-state index contributed by atoms with van der Waals surface area (Å²) in [7, 11) is 0. The normalized spacial score (nSPS) is 8.93. The van der Waals surface area contributed by atoms with Gasteiger partial charge in [0.2, 0.25) is 0 Å². The van der Waals surface area contributed by atoms with Crippen LogP contribution < -0.4 is 11.5 Å². The molecule has 14 heavy (non-hydrogen) atoms. The van der Waals surface area contributed by atoms with Crippen molar-refractivity contribution in [2.24, 2.45) is 11.5 Å². The molecule has 0 aliphatic rings. The van der Waals surface area contributed by atoms with E-state index in [0.29, 0.717) is 11.5 Å². The molecule has 0 aliphatic carbocycles. The van der Waals surface area contributed by atoms with E-state index < -0.39 is 0 Å². The van der Waals surface area contributed by atoms with Gasteiger partial charge in [-0.25, -0.2) is 0 Å². The highest BCUT2D eigenvalue weighted by molar-refractivity contribution is 7.80. The van der Waals surface area contributed by atoms with Gasteiger partial charge >= 0.3 is 0 Å². The molecule has 4 N–H and O–H groups in total. The molecule has 1 aromatic rings. The molecular formula is C11H12N2S. The molecule has 0 heterocycles. The second-order valence-electron chi connectivity index (χ2n) is 2.78. The lowest BCUT2D eigenvalue weighted by Crippen LogP contribution is -2.08. The summed E-state index contributed by atoms with van der Waals surface area (Å²) in [6.07, 6.45) is 0.719. The molecule has 0 unspecified atom stereocenters. The molecule has 0 saturated carbocycles. The Hall–Kier alpha value is -1.37. The van der Waals surface area contributed by atoms with Crippen molar-refractivity contribution >= 4 is 17.2 Å². The molecular weight excluding hydrogens is 192 g/mol. The first kappa shape index (κ1) is 10.7. The molecule has 0 amide bonds. The molecule has 0 spiro atoms. The maximum atomic E-state index is 5.46. The van der Waals surface area contributed by atoms with Crippen LogP contribution in [-0.2, 0) is 0 Å². The van der Waals surface area contributed by atoms with Gasteiger partial charge in [0.25, 0.3) is 0 Å². The molecule has 0 saturated heterocycles. The van der Waals surface area contributed by atoms with E-state index in [2.05, 4.69) is 11.8 Å². The van der Waals surface area contributed by atoms with Crippen molar-refractivity contribution in [2.45, 2.75) is 6.42 Å². The smallest absolute Gasteiger partial charge is 0.103 e. The fourth-order valence-electron chi connectivity index (χ4n) is 0.955. The van der Waals surface area contributed by atoms with Gasteiger partial charge in [0.15, 0.2) is 0 Å². The zero-order chi connectivity index (χ0) is 10.4. The van der Waals surface area contributed by atoms with E-state index in [0.717, 1.165) is 17.5 Å². The summed E-state index contributed by atoms with van der Waals surface area (Å²) in [5, 5.41) is 0. The minimum atomic E-state index is 0.409. The van der Waals surface area contributed by atoms with E-state index in [-0.39, 0.29) is 0 Å². The Bertz CT molecular complexity index is 371. The SMILES string of the molecule is NCCC#Cc1ccc(C(N)=S)cc1. The van der Waals surface area contributed by atoms with E-state index in [1.165, 1.54) is 0 Å². The van der Waals surface area contributed by atoms with Crippen LogP contribution >= 0.6 is 12.2 Å². The summed E-state index contributed by atoms with van der Waals surface area (Å²) in [6.45, 7) is 0.595. The van der Waals surface area contributed by atoms with Gasteiger partial charge < -0.3 is 11.5 Å². The average Bonchev–Trinajstić information content (AvgIpc) is 2.19. The second-order valence-corrected chi connectivity index (χ2v) is 3.22. The maximum absolute atomic E-state index is 5.46. The molecule has 3 heteroatoms. The molecule has 0 bridgehead atoms. The predicted molar refractivity (Wildman–Crippen MR) is 62.9 cm³/mol. The summed E-state index contributed by atoms with van der Waals surface area (Å²) in [5.74, 6) is 5.96. The lowest BCUT2D eigenvalue weighted by Gasteiger charge is -1.96. The molecule has 2 nitrogen and oxygen atoms in total. The van der Waals surface area contributed by atoms with Crippen LogP contribution in [-0.4, -0.2) is 11.5 Å². The lowest BCUT2D eigenvalue weighted by molar-refractivity contribution is 1.03. The molecule has 1 rings (SSSR count). The van der Waals surface area contributed by atoms with Crippen molar-refractivity contribution in [2.75, 3.05) is 6.54 Å². The topological polar surface area (TPSA) is 52.0 Å². The fraction of sp³-hybridized carbons (Fsp3) is 0.182. The Morgan fingerprint density at radius 2 is 1.93 bits per heavy atom. The Morgan fingerprint density at radius 3 is 2.43 bits per heavy atom. The van der Waals surface area contributed by atoms with Gasteiger partial charge in [-0.2, -0.15) is 0 Å². The van der Waals surface area contributed by atoms with Crippen LogP contribution in [0.15, 0.2) is 24.3 Å². The van der Waals surface area contributed by atoms with Gasteiger partial charge in [-0.3, -0.25) is 0 Å². The van der Waals surface area contributed by atoms with Crippen LogP contribution in [0.4, 0.5) is 0 Å². The molecule has 0 fully saturated rings. The largest absolute Gasteiger partial charge is 0.389 e. The predicted octanol–water partition coefficient (Wildman–Crippen LogP) is 1.02. The summed E-state index contributed by atoms with van der Waals surface area (Å²) in [6, 6.07) is 7.54. The van der Waals surface area contributed by atoms with Gasteiger partial charge in [0, 0.05) is 24.1 Å². The van der Waals surface area contributed by atoms with Crippen LogP contribution in [0.25, 0.3) is 0 Å². The first-order valence-electron chi connectivity index (χ1n) is 4.33. The lowest BCUT2D eigenvalue weighted by atomic mass is 10.1. The standard InChI is InChI=1S/C11H12N2S/c12-8-2-1-3-9-4-6-10(7-5-9)11(13)14/h4-7H,2,8,12H2,(H2,13,14). The molecule has 1 aromatic carbocycles. The van der Waals surface area contributed by atoms with Gasteiger partial charge in [0.05, 0.1) is 0 Å². The summed E-state index contributed by atoms with van der Waals surface area (Å²) in [4.78, 5) is 0.409. The first-order valence-corrected chi connectivity index (χ1v) is 4.73. The van der Waals surface area contributed by atoms with Crippen LogP contribution in [0.2, 0.25) is 0 Å². The monoisotopic (exact) mass is 204 g/mol. The Balaban J connectivity index is 2.75. The molecule has 0 radical (unpaired) electrons. The van der Waals surface area contributed by atoms with Crippen molar-refractivity contribution < 1.29 is 0 Å². The number of hydrogen-bond donors (Lipinski definition) is 2. The second kappa shape index (κ2) is 5.38. The maximum Gasteiger partial charge on any atom is 0.103 e. The van der Waals surface area contributed by atoms with E-state index in [1.807, 2.05) is 24.3 Å². The summed E-state index contributed by atoms with van der Waals surface area (Å²) in [5.41, 5.74) is 12.6. The number of thiocarbonyl (C=S) groups is 1. The van der Waals surface area contributed by atoms with Gasteiger partial charge in [0.1, 0.15) is 4.99 Å². The number of hydrogen-bond acceptors (Lipinski definition) is 2. The highest BCUT2D eigenvalue weighted by Gasteiger charge is 1.93. The van der Waals surface area contributed by atoms with E-state index >= 15 is 0 Å². The Kier molecular flexibility index (Phi) is 4.11. The third-order valence-electron chi connectivity index (χ3n) is 1.67. The molecule has 0 aromatic heterocycles. The van der Waals surface area contributed by atoms with Gasteiger partial charge in [-0.15, -0.1) is 0 Å². The quantitative estimate of drug-likeness (QED) is 0.558. The van der Waals surface area contributed by atoms with Crippen molar-refractivity contribution in [1.82, 2.24) is 0 Å². The van der Waals surface area contributed by atoms with Crippen molar-refractivity contribution in [3.8, 4) is 11.8 Å². The van der Waals surface area contributed by atoms with Crippen molar-refractivity contribution in [1.29, 1.82) is 0 Å². The minimum Gasteiger partial charge on any atom is -0.389 e.